The lowest BCUT2D eigenvalue weighted by atomic mass is 10.1. The van der Waals surface area contributed by atoms with Crippen molar-refractivity contribution in [3.8, 4) is 5.75 Å². The zero-order valence-electron chi connectivity index (χ0n) is 17.0. The van der Waals surface area contributed by atoms with Gasteiger partial charge in [0.15, 0.2) is 0 Å². The number of fused-ring (bicyclic) bond motifs is 4. The fraction of sp³-hybridized carbons (Fsp3) is 0.333. The number of benzene rings is 2. The molecule has 6 nitrogen and oxygen atoms in total. The van der Waals surface area contributed by atoms with E-state index in [1.54, 1.807) is 7.11 Å². The molecular formula is C24H25N3O3. The van der Waals surface area contributed by atoms with Crippen molar-refractivity contribution < 1.29 is 14.3 Å². The number of para-hydroxylation sites is 3. The second-order valence-electron chi connectivity index (χ2n) is 7.87. The van der Waals surface area contributed by atoms with Gasteiger partial charge in [0.2, 0.25) is 5.91 Å². The summed E-state index contributed by atoms with van der Waals surface area (Å²) in [5.74, 6) is 0.863. The van der Waals surface area contributed by atoms with E-state index in [1.807, 2.05) is 47.4 Å². The molecule has 1 fully saturated rings. The number of carbonyl (C=O) groups excluding carboxylic acids is 1. The first-order valence-electron chi connectivity index (χ1n) is 10.4. The molecule has 0 spiro atoms. The van der Waals surface area contributed by atoms with Gasteiger partial charge in [-0.05, 0) is 24.3 Å². The highest BCUT2D eigenvalue weighted by molar-refractivity contribution is 5.99. The van der Waals surface area contributed by atoms with Crippen LogP contribution < -0.4 is 9.64 Å². The van der Waals surface area contributed by atoms with Crippen molar-refractivity contribution in [1.29, 1.82) is 0 Å². The van der Waals surface area contributed by atoms with Crippen molar-refractivity contribution in [2.45, 2.75) is 25.1 Å². The number of methoxy groups -OCH3 is 1. The van der Waals surface area contributed by atoms with E-state index < -0.39 is 0 Å². The summed E-state index contributed by atoms with van der Waals surface area (Å²) in [6, 6.07) is 19.8. The Kier molecular flexibility index (Phi) is 5.11. The first-order chi connectivity index (χ1) is 14.7. The number of nitrogens with zero attached hydrogens (tertiary/aromatic N) is 3. The summed E-state index contributed by atoms with van der Waals surface area (Å²) in [6.45, 7) is 2.30. The quantitative estimate of drug-likeness (QED) is 0.655. The second kappa shape index (κ2) is 8.05. The number of aromatic nitrogens is 1. The molecule has 0 N–H and O–H groups in total. The van der Waals surface area contributed by atoms with E-state index in [0.29, 0.717) is 32.7 Å². The molecule has 2 aliphatic rings. The van der Waals surface area contributed by atoms with Gasteiger partial charge in [-0.2, -0.15) is 0 Å². The van der Waals surface area contributed by atoms with Gasteiger partial charge in [0.05, 0.1) is 29.5 Å². The van der Waals surface area contributed by atoms with Crippen molar-refractivity contribution >= 4 is 22.5 Å². The van der Waals surface area contributed by atoms with Gasteiger partial charge in [-0.25, -0.2) is 0 Å². The molecule has 3 aromatic rings. The maximum absolute atomic E-state index is 13.6. The number of pyridine rings is 1. The first kappa shape index (κ1) is 19.0. The third-order valence-electron chi connectivity index (χ3n) is 5.91. The van der Waals surface area contributed by atoms with Gasteiger partial charge in [-0.3, -0.25) is 14.7 Å². The van der Waals surface area contributed by atoms with Crippen LogP contribution in [-0.4, -0.2) is 54.7 Å². The third kappa shape index (κ3) is 3.53. The fourth-order valence-corrected chi connectivity index (χ4v) is 4.45. The summed E-state index contributed by atoms with van der Waals surface area (Å²) in [6.07, 6.45) is 0.676. The van der Waals surface area contributed by atoms with Crippen LogP contribution in [0.2, 0.25) is 0 Å². The molecule has 0 saturated carbocycles. The van der Waals surface area contributed by atoms with Gasteiger partial charge in [0.1, 0.15) is 11.9 Å². The Bertz CT molecular complexity index is 1070. The summed E-state index contributed by atoms with van der Waals surface area (Å²) in [5, 5.41) is 1.12. The van der Waals surface area contributed by atoms with Crippen LogP contribution in [-0.2, 0) is 16.1 Å². The van der Waals surface area contributed by atoms with Gasteiger partial charge >= 0.3 is 0 Å². The number of ether oxygens (including phenoxy) is 2. The minimum Gasteiger partial charge on any atom is -0.487 e. The van der Waals surface area contributed by atoms with Crippen LogP contribution in [0.5, 0.6) is 5.75 Å². The topological polar surface area (TPSA) is 54.9 Å². The smallest absolute Gasteiger partial charge is 0.244 e. The van der Waals surface area contributed by atoms with E-state index in [1.165, 1.54) is 0 Å². The summed E-state index contributed by atoms with van der Waals surface area (Å²) in [4.78, 5) is 22.4. The normalized spacial score (nSPS) is 21.2. The van der Waals surface area contributed by atoms with Crippen LogP contribution in [0.25, 0.3) is 10.9 Å². The zero-order chi connectivity index (χ0) is 20.5. The molecule has 2 aromatic carbocycles. The lowest BCUT2D eigenvalue weighted by Crippen LogP contribution is -2.47. The summed E-state index contributed by atoms with van der Waals surface area (Å²) >= 11 is 0. The summed E-state index contributed by atoms with van der Waals surface area (Å²) in [5.41, 5.74) is 2.76. The van der Waals surface area contributed by atoms with Crippen LogP contribution in [0.4, 0.5) is 5.69 Å². The monoisotopic (exact) mass is 403 g/mol. The molecule has 2 bridgehead atoms. The number of rotatable bonds is 5. The number of hydrogen-bond donors (Lipinski definition) is 0. The maximum Gasteiger partial charge on any atom is 0.244 e. The van der Waals surface area contributed by atoms with E-state index in [0.717, 1.165) is 28.0 Å². The molecule has 2 aliphatic heterocycles. The number of carbonyl (C=O) groups is 1. The Hall–Kier alpha value is -2.96. The number of likely N-dealkylation sites (tertiary alicyclic amines) is 1. The SMILES string of the molecule is COCCN1C(=O)C2CC(CN2Cc2ccc3ccccc3n2)Oc2ccccc21. The molecule has 154 valence electrons. The predicted octanol–water partition coefficient (Wildman–Crippen LogP) is 3.25. The summed E-state index contributed by atoms with van der Waals surface area (Å²) in [7, 11) is 1.65. The largest absolute Gasteiger partial charge is 0.487 e. The number of hydrogen-bond acceptors (Lipinski definition) is 5. The molecule has 1 aromatic heterocycles. The lowest BCUT2D eigenvalue weighted by molar-refractivity contribution is -0.123. The van der Waals surface area contributed by atoms with Gasteiger partial charge in [0, 0.05) is 38.6 Å². The van der Waals surface area contributed by atoms with Crippen molar-refractivity contribution in [2.75, 3.05) is 31.7 Å². The van der Waals surface area contributed by atoms with Gasteiger partial charge in [-0.1, -0.05) is 36.4 Å². The Morgan fingerprint density at radius 3 is 2.83 bits per heavy atom. The van der Waals surface area contributed by atoms with Crippen molar-refractivity contribution in [1.82, 2.24) is 9.88 Å². The van der Waals surface area contributed by atoms with Gasteiger partial charge < -0.3 is 14.4 Å². The first-order valence-corrected chi connectivity index (χ1v) is 10.4. The van der Waals surface area contributed by atoms with Gasteiger partial charge in [-0.15, -0.1) is 0 Å². The average Bonchev–Trinajstić information content (AvgIpc) is 3.17. The molecule has 1 saturated heterocycles. The Balaban J connectivity index is 1.44. The van der Waals surface area contributed by atoms with E-state index >= 15 is 0 Å². The standard InChI is InChI=1S/C24H25N3O3/c1-29-13-12-27-21-8-4-5-9-23(21)30-19-14-22(24(27)28)26(16-19)15-18-11-10-17-6-2-3-7-20(17)25-18/h2-11,19,22H,12-16H2,1H3. The van der Waals surface area contributed by atoms with Crippen LogP contribution in [0.1, 0.15) is 12.1 Å². The highest BCUT2D eigenvalue weighted by Crippen LogP contribution is 2.36. The molecule has 1 amide bonds. The maximum atomic E-state index is 13.6. The van der Waals surface area contributed by atoms with Crippen LogP contribution in [0.3, 0.4) is 0 Å². The van der Waals surface area contributed by atoms with Crippen LogP contribution in [0.15, 0.2) is 60.7 Å². The molecule has 2 atom stereocenters. The molecule has 6 heteroatoms. The van der Waals surface area contributed by atoms with Crippen LogP contribution >= 0.6 is 0 Å². The molecule has 2 unspecified atom stereocenters. The van der Waals surface area contributed by atoms with Gasteiger partial charge in [0.25, 0.3) is 0 Å². The van der Waals surface area contributed by atoms with E-state index in [9.17, 15) is 4.79 Å². The predicted molar refractivity (Wildman–Crippen MR) is 116 cm³/mol. The lowest BCUT2D eigenvalue weighted by Gasteiger charge is -2.31. The molecule has 3 heterocycles. The highest BCUT2D eigenvalue weighted by Gasteiger charge is 2.42. The number of anilines is 1. The molecular weight excluding hydrogens is 378 g/mol. The average molecular weight is 403 g/mol. The van der Waals surface area contributed by atoms with Crippen molar-refractivity contribution in [3.63, 3.8) is 0 Å². The third-order valence-corrected chi connectivity index (χ3v) is 5.91. The number of amides is 1. The zero-order valence-corrected chi connectivity index (χ0v) is 17.0. The highest BCUT2D eigenvalue weighted by atomic mass is 16.5. The molecule has 0 aliphatic carbocycles. The Morgan fingerprint density at radius 1 is 1.10 bits per heavy atom. The van der Waals surface area contributed by atoms with E-state index in [4.69, 9.17) is 14.5 Å². The molecule has 5 rings (SSSR count). The molecule has 0 radical (unpaired) electrons. The van der Waals surface area contributed by atoms with E-state index in [-0.39, 0.29) is 18.1 Å². The second-order valence-corrected chi connectivity index (χ2v) is 7.87. The minimum absolute atomic E-state index is 0.00914. The molecule has 30 heavy (non-hydrogen) atoms. The van der Waals surface area contributed by atoms with Crippen molar-refractivity contribution in [2.24, 2.45) is 0 Å². The van der Waals surface area contributed by atoms with Crippen LogP contribution in [0, 0.1) is 0 Å². The Morgan fingerprint density at radius 2 is 1.93 bits per heavy atom. The fourth-order valence-electron chi connectivity index (χ4n) is 4.45. The Labute approximate surface area is 176 Å². The summed E-state index contributed by atoms with van der Waals surface area (Å²) < 4.78 is 11.6. The minimum atomic E-state index is -0.228. The van der Waals surface area contributed by atoms with Crippen molar-refractivity contribution in [3.05, 3.63) is 66.4 Å². The van der Waals surface area contributed by atoms with E-state index in [2.05, 4.69) is 23.1 Å².